The van der Waals surface area contributed by atoms with E-state index in [0.29, 0.717) is 13.2 Å². The van der Waals surface area contributed by atoms with Crippen LogP contribution in [0.3, 0.4) is 0 Å². The summed E-state index contributed by atoms with van der Waals surface area (Å²) in [6, 6.07) is 9.70. The van der Waals surface area contributed by atoms with E-state index in [9.17, 15) is 5.11 Å². The second kappa shape index (κ2) is 6.89. The molecular weight excluding hydrogens is 284 g/mol. The van der Waals surface area contributed by atoms with Crippen molar-refractivity contribution in [2.75, 3.05) is 13.2 Å². The van der Waals surface area contributed by atoms with Gasteiger partial charge in [0.05, 0.1) is 19.3 Å². The average molecular weight is 306 g/mol. The lowest BCUT2D eigenvalue weighted by molar-refractivity contribution is -0.350. The third-order valence-electron chi connectivity index (χ3n) is 4.12. The van der Waals surface area contributed by atoms with Gasteiger partial charge in [0.15, 0.2) is 12.6 Å². The SMILES string of the molecule is C=CCO[C@H]1OC2COC(c3ccccc3)O[C@H]2[C@H](O)C1C. The second-order valence-corrected chi connectivity index (χ2v) is 5.69. The van der Waals surface area contributed by atoms with Crippen molar-refractivity contribution in [2.24, 2.45) is 5.92 Å². The van der Waals surface area contributed by atoms with Gasteiger partial charge in [-0.3, -0.25) is 0 Å². The van der Waals surface area contributed by atoms with E-state index in [2.05, 4.69) is 6.58 Å². The Morgan fingerprint density at radius 1 is 1.32 bits per heavy atom. The predicted molar refractivity (Wildman–Crippen MR) is 80.0 cm³/mol. The molecule has 0 radical (unpaired) electrons. The normalized spacial score (nSPS) is 38.3. The highest BCUT2D eigenvalue weighted by Gasteiger charge is 2.47. The number of fused-ring (bicyclic) bond motifs is 1. The fourth-order valence-electron chi connectivity index (χ4n) is 2.86. The van der Waals surface area contributed by atoms with Crippen LogP contribution in [0.2, 0.25) is 0 Å². The van der Waals surface area contributed by atoms with Crippen LogP contribution in [0.4, 0.5) is 0 Å². The van der Waals surface area contributed by atoms with Crippen LogP contribution in [0.1, 0.15) is 18.8 Å². The van der Waals surface area contributed by atoms with Crippen molar-refractivity contribution in [3.63, 3.8) is 0 Å². The molecule has 5 nitrogen and oxygen atoms in total. The van der Waals surface area contributed by atoms with E-state index in [1.54, 1.807) is 6.08 Å². The largest absolute Gasteiger partial charge is 0.390 e. The van der Waals surface area contributed by atoms with Crippen LogP contribution in [0.5, 0.6) is 0 Å². The number of benzene rings is 1. The Morgan fingerprint density at radius 2 is 2.09 bits per heavy atom. The molecule has 0 bridgehead atoms. The molecule has 0 spiro atoms. The Bertz CT molecular complexity index is 489. The number of hydrogen-bond acceptors (Lipinski definition) is 5. The number of aliphatic hydroxyl groups excluding tert-OH is 1. The van der Waals surface area contributed by atoms with Gasteiger partial charge in [0.25, 0.3) is 0 Å². The van der Waals surface area contributed by atoms with Crippen LogP contribution in [0.15, 0.2) is 43.0 Å². The van der Waals surface area contributed by atoms with Crippen molar-refractivity contribution in [1.82, 2.24) is 0 Å². The van der Waals surface area contributed by atoms with Gasteiger partial charge in [-0.15, -0.1) is 6.58 Å². The topological polar surface area (TPSA) is 57.2 Å². The number of ether oxygens (including phenoxy) is 4. The maximum Gasteiger partial charge on any atom is 0.184 e. The lowest BCUT2D eigenvalue weighted by atomic mass is 9.91. The molecule has 2 aliphatic heterocycles. The maximum atomic E-state index is 10.5. The van der Waals surface area contributed by atoms with Crippen molar-refractivity contribution >= 4 is 0 Å². The Balaban J connectivity index is 1.69. The first-order chi connectivity index (χ1) is 10.7. The Hall–Kier alpha value is -1.24. The fraction of sp³-hybridized carbons (Fsp3) is 0.529. The van der Waals surface area contributed by atoms with Gasteiger partial charge in [0, 0.05) is 11.5 Å². The van der Waals surface area contributed by atoms with E-state index in [1.165, 1.54) is 0 Å². The van der Waals surface area contributed by atoms with Gasteiger partial charge in [0.1, 0.15) is 12.2 Å². The van der Waals surface area contributed by atoms with Gasteiger partial charge in [-0.05, 0) is 0 Å². The van der Waals surface area contributed by atoms with E-state index in [0.717, 1.165) is 5.56 Å². The molecule has 2 fully saturated rings. The first-order valence-electron chi connectivity index (χ1n) is 7.58. The molecule has 0 aliphatic carbocycles. The van der Waals surface area contributed by atoms with Gasteiger partial charge in [0.2, 0.25) is 0 Å². The Labute approximate surface area is 130 Å². The van der Waals surface area contributed by atoms with Crippen molar-refractivity contribution in [2.45, 2.75) is 37.8 Å². The molecular formula is C17H22O5. The molecule has 22 heavy (non-hydrogen) atoms. The molecule has 5 heteroatoms. The molecule has 1 N–H and O–H groups in total. The number of rotatable bonds is 4. The summed E-state index contributed by atoms with van der Waals surface area (Å²) >= 11 is 0. The Kier molecular flexibility index (Phi) is 4.90. The van der Waals surface area contributed by atoms with Gasteiger partial charge in [-0.25, -0.2) is 0 Å². The van der Waals surface area contributed by atoms with Gasteiger partial charge < -0.3 is 24.1 Å². The highest BCUT2D eigenvalue weighted by Crippen LogP contribution is 2.36. The molecule has 2 saturated heterocycles. The highest BCUT2D eigenvalue weighted by atomic mass is 16.7. The first kappa shape index (κ1) is 15.6. The maximum absolute atomic E-state index is 10.5. The van der Waals surface area contributed by atoms with Crippen molar-refractivity contribution in [3.8, 4) is 0 Å². The molecule has 3 unspecified atom stereocenters. The number of aliphatic hydroxyl groups is 1. The molecule has 0 saturated carbocycles. The zero-order chi connectivity index (χ0) is 15.5. The second-order valence-electron chi connectivity index (χ2n) is 5.69. The third kappa shape index (κ3) is 3.09. The summed E-state index contributed by atoms with van der Waals surface area (Å²) in [6.45, 7) is 6.26. The van der Waals surface area contributed by atoms with Crippen LogP contribution in [0, 0.1) is 5.92 Å². The molecule has 1 aromatic rings. The minimum Gasteiger partial charge on any atom is -0.390 e. The van der Waals surface area contributed by atoms with E-state index in [1.807, 2.05) is 37.3 Å². The van der Waals surface area contributed by atoms with Crippen molar-refractivity contribution in [3.05, 3.63) is 48.6 Å². The zero-order valence-electron chi connectivity index (χ0n) is 12.6. The standard InChI is InChI=1S/C17H22O5/c1-3-9-19-16-11(2)14(18)15-13(21-16)10-20-17(22-15)12-7-5-4-6-8-12/h3-8,11,13-18H,1,9-10H2,2H3/t11?,13?,14-,15-,16+,17?/m1/s1. The molecule has 0 aromatic heterocycles. The monoisotopic (exact) mass is 306 g/mol. The Morgan fingerprint density at radius 3 is 2.82 bits per heavy atom. The fourth-order valence-corrected chi connectivity index (χ4v) is 2.86. The van der Waals surface area contributed by atoms with Crippen molar-refractivity contribution in [1.29, 1.82) is 0 Å². The first-order valence-corrected chi connectivity index (χ1v) is 7.58. The zero-order valence-corrected chi connectivity index (χ0v) is 12.6. The van der Waals surface area contributed by atoms with Gasteiger partial charge in [-0.2, -0.15) is 0 Å². The summed E-state index contributed by atoms with van der Waals surface area (Å²) < 4.78 is 23.1. The van der Waals surface area contributed by atoms with Crippen molar-refractivity contribution < 1.29 is 24.1 Å². The molecule has 0 amide bonds. The van der Waals surface area contributed by atoms with E-state index in [-0.39, 0.29) is 12.0 Å². The molecule has 1 aromatic carbocycles. The highest BCUT2D eigenvalue weighted by molar-refractivity contribution is 5.16. The quantitative estimate of drug-likeness (QED) is 0.863. The lowest BCUT2D eigenvalue weighted by Gasteiger charge is -2.46. The smallest absolute Gasteiger partial charge is 0.184 e. The third-order valence-corrected chi connectivity index (χ3v) is 4.12. The van der Waals surface area contributed by atoms with Gasteiger partial charge >= 0.3 is 0 Å². The average Bonchev–Trinajstić information content (AvgIpc) is 2.57. The van der Waals surface area contributed by atoms with E-state index in [4.69, 9.17) is 18.9 Å². The van der Waals surface area contributed by atoms with Gasteiger partial charge in [-0.1, -0.05) is 43.3 Å². The lowest BCUT2D eigenvalue weighted by Crippen LogP contribution is -2.59. The van der Waals surface area contributed by atoms with E-state index >= 15 is 0 Å². The van der Waals surface area contributed by atoms with Crippen LogP contribution in [0.25, 0.3) is 0 Å². The molecule has 6 atom stereocenters. The minimum atomic E-state index is -0.663. The summed E-state index contributed by atoms with van der Waals surface area (Å²) in [5.74, 6) is -0.185. The molecule has 2 aliphatic rings. The minimum absolute atomic E-state index is 0.185. The summed E-state index contributed by atoms with van der Waals surface area (Å²) in [5.41, 5.74) is 0.936. The predicted octanol–water partition coefficient (Wildman–Crippen LogP) is 2.03. The van der Waals surface area contributed by atoms with Crippen LogP contribution >= 0.6 is 0 Å². The van der Waals surface area contributed by atoms with Crippen LogP contribution < -0.4 is 0 Å². The molecule has 120 valence electrons. The van der Waals surface area contributed by atoms with Crippen LogP contribution in [-0.2, 0) is 18.9 Å². The van der Waals surface area contributed by atoms with Crippen LogP contribution in [-0.4, -0.2) is 42.9 Å². The molecule has 3 rings (SSSR count). The summed E-state index contributed by atoms with van der Waals surface area (Å²) in [6.07, 6.45) is -0.705. The summed E-state index contributed by atoms with van der Waals surface area (Å²) in [5, 5.41) is 10.5. The van der Waals surface area contributed by atoms with E-state index < -0.39 is 24.8 Å². The molecule has 2 heterocycles. The summed E-state index contributed by atoms with van der Waals surface area (Å²) in [4.78, 5) is 0. The number of hydrogen-bond donors (Lipinski definition) is 1. The summed E-state index contributed by atoms with van der Waals surface area (Å²) in [7, 11) is 0.